The molecule has 0 fully saturated rings. The van der Waals surface area contributed by atoms with Crippen LogP contribution in [0.4, 0.5) is 0 Å². The van der Waals surface area contributed by atoms with Gasteiger partial charge in [0.1, 0.15) is 6.10 Å². The van der Waals surface area contributed by atoms with E-state index in [1.54, 1.807) is 18.4 Å². The molecule has 1 aromatic carbocycles. The molecule has 2 aromatic rings. The Hall–Kier alpha value is -1.52. The highest BCUT2D eigenvalue weighted by Gasteiger charge is 2.15. The van der Waals surface area contributed by atoms with Gasteiger partial charge in [-0.1, -0.05) is 12.1 Å². The van der Waals surface area contributed by atoms with E-state index in [-0.39, 0.29) is 6.10 Å². The van der Waals surface area contributed by atoms with Gasteiger partial charge in [-0.25, -0.2) is 0 Å². The number of benzene rings is 1. The molecule has 4 heteroatoms. The minimum Gasteiger partial charge on any atom is -0.493 e. The molecule has 2 rings (SSSR count). The van der Waals surface area contributed by atoms with Gasteiger partial charge in [-0.2, -0.15) is 0 Å². The number of nitrogens with two attached hydrogens (primary N) is 1. The van der Waals surface area contributed by atoms with Gasteiger partial charge in [0, 0.05) is 11.4 Å². The molecule has 0 radical (unpaired) electrons. The van der Waals surface area contributed by atoms with E-state index in [4.69, 9.17) is 15.2 Å². The molecule has 2 N–H and O–H groups in total. The maximum atomic E-state index is 5.95. The van der Waals surface area contributed by atoms with Gasteiger partial charge in [0.25, 0.3) is 0 Å². The summed E-state index contributed by atoms with van der Waals surface area (Å²) >= 11 is 1.65. The zero-order valence-electron chi connectivity index (χ0n) is 10.6. The summed E-state index contributed by atoms with van der Waals surface area (Å²) in [6.07, 6.45) is -0.124. The number of hydrogen-bond donors (Lipinski definition) is 1. The van der Waals surface area contributed by atoms with Gasteiger partial charge < -0.3 is 15.2 Å². The van der Waals surface area contributed by atoms with E-state index in [2.05, 4.69) is 0 Å². The molecular formula is C14H17NO2S. The van der Waals surface area contributed by atoms with Crippen LogP contribution in [0.25, 0.3) is 0 Å². The van der Waals surface area contributed by atoms with Crippen molar-refractivity contribution in [1.82, 2.24) is 0 Å². The Kier molecular flexibility index (Phi) is 4.23. The van der Waals surface area contributed by atoms with Crippen molar-refractivity contribution in [2.24, 2.45) is 5.73 Å². The molecule has 18 heavy (non-hydrogen) atoms. The van der Waals surface area contributed by atoms with Gasteiger partial charge in [0.2, 0.25) is 0 Å². The lowest BCUT2D eigenvalue weighted by molar-refractivity contribution is 0.208. The van der Waals surface area contributed by atoms with Gasteiger partial charge in [0.05, 0.1) is 7.11 Å². The summed E-state index contributed by atoms with van der Waals surface area (Å²) in [6.45, 7) is 2.46. The Morgan fingerprint density at radius 1 is 1.28 bits per heavy atom. The molecule has 0 bridgehead atoms. The first-order chi connectivity index (χ1) is 8.74. The van der Waals surface area contributed by atoms with Crippen LogP contribution in [0, 0.1) is 6.92 Å². The van der Waals surface area contributed by atoms with Crippen LogP contribution in [0.2, 0.25) is 0 Å². The molecule has 0 aliphatic carbocycles. The van der Waals surface area contributed by atoms with Crippen molar-refractivity contribution in [3.63, 3.8) is 0 Å². The predicted molar refractivity (Wildman–Crippen MR) is 74.5 cm³/mol. The smallest absolute Gasteiger partial charge is 0.162 e. The number of methoxy groups -OCH3 is 1. The van der Waals surface area contributed by atoms with Gasteiger partial charge in [0.15, 0.2) is 11.5 Å². The first kappa shape index (κ1) is 12.9. The molecule has 0 saturated carbocycles. The minimum absolute atomic E-state index is 0.124. The Balaban J connectivity index is 2.22. The van der Waals surface area contributed by atoms with Crippen LogP contribution in [-0.4, -0.2) is 13.7 Å². The fourth-order valence-corrected chi connectivity index (χ4v) is 2.49. The lowest BCUT2D eigenvalue weighted by Crippen LogP contribution is -2.17. The molecule has 0 spiro atoms. The molecule has 0 aliphatic heterocycles. The second-order valence-corrected chi connectivity index (χ2v) is 4.99. The van der Waals surface area contributed by atoms with Crippen molar-refractivity contribution < 1.29 is 9.47 Å². The SMILES string of the molecule is COc1cc(C)ccc1OC(CN)c1cccs1. The van der Waals surface area contributed by atoms with Crippen LogP contribution in [0.3, 0.4) is 0 Å². The summed E-state index contributed by atoms with van der Waals surface area (Å²) in [5.74, 6) is 1.47. The van der Waals surface area contributed by atoms with E-state index < -0.39 is 0 Å². The second-order valence-electron chi connectivity index (χ2n) is 4.01. The number of thiophene rings is 1. The lowest BCUT2D eigenvalue weighted by Gasteiger charge is -2.18. The van der Waals surface area contributed by atoms with Crippen molar-refractivity contribution in [2.75, 3.05) is 13.7 Å². The van der Waals surface area contributed by atoms with Crippen LogP contribution in [-0.2, 0) is 0 Å². The van der Waals surface area contributed by atoms with E-state index in [1.807, 2.05) is 42.6 Å². The molecule has 1 heterocycles. The number of aryl methyl sites for hydroxylation is 1. The summed E-state index contributed by atoms with van der Waals surface area (Å²) in [5.41, 5.74) is 6.91. The maximum absolute atomic E-state index is 5.95. The fourth-order valence-electron chi connectivity index (χ4n) is 1.72. The highest BCUT2D eigenvalue weighted by Crippen LogP contribution is 2.32. The Morgan fingerprint density at radius 3 is 2.72 bits per heavy atom. The topological polar surface area (TPSA) is 44.5 Å². The molecular weight excluding hydrogens is 246 g/mol. The normalized spacial score (nSPS) is 12.2. The monoisotopic (exact) mass is 263 g/mol. The van der Waals surface area contributed by atoms with E-state index in [9.17, 15) is 0 Å². The van der Waals surface area contributed by atoms with Crippen molar-refractivity contribution in [2.45, 2.75) is 13.0 Å². The standard InChI is InChI=1S/C14H17NO2S/c1-10-5-6-11(12(8-10)16-2)17-13(9-15)14-4-3-7-18-14/h3-8,13H,9,15H2,1-2H3. The van der Waals surface area contributed by atoms with E-state index in [1.165, 1.54) is 0 Å². The van der Waals surface area contributed by atoms with Crippen molar-refractivity contribution in [3.8, 4) is 11.5 Å². The number of ether oxygens (including phenoxy) is 2. The third-order valence-electron chi connectivity index (χ3n) is 2.66. The third kappa shape index (κ3) is 2.83. The molecule has 0 saturated heterocycles. The van der Waals surface area contributed by atoms with Gasteiger partial charge in [-0.3, -0.25) is 0 Å². The molecule has 0 aliphatic rings. The van der Waals surface area contributed by atoms with Gasteiger partial charge >= 0.3 is 0 Å². The average molecular weight is 263 g/mol. The maximum Gasteiger partial charge on any atom is 0.162 e. The predicted octanol–water partition coefficient (Wildman–Crippen LogP) is 3.14. The van der Waals surface area contributed by atoms with Crippen LogP contribution in [0.15, 0.2) is 35.7 Å². The van der Waals surface area contributed by atoms with Crippen LogP contribution >= 0.6 is 11.3 Å². The fraction of sp³-hybridized carbons (Fsp3) is 0.286. The summed E-state index contributed by atoms with van der Waals surface area (Å²) in [7, 11) is 1.64. The summed E-state index contributed by atoms with van der Waals surface area (Å²) in [5, 5.41) is 2.02. The molecule has 0 amide bonds. The van der Waals surface area contributed by atoms with Gasteiger partial charge in [-0.15, -0.1) is 11.3 Å². The number of hydrogen-bond acceptors (Lipinski definition) is 4. The molecule has 1 aromatic heterocycles. The van der Waals surface area contributed by atoms with E-state index in [0.717, 1.165) is 21.9 Å². The van der Waals surface area contributed by atoms with Crippen LogP contribution in [0.1, 0.15) is 16.5 Å². The zero-order chi connectivity index (χ0) is 13.0. The van der Waals surface area contributed by atoms with Crippen LogP contribution in [0.5, 0.6) is 11.5 Å². The molecule has 1 unspecified atom stereocenters. The quantitative estimate of drug-likeness (QED) is 0.901. The first-order valence-electron chi connectivity index (χ1n) is 5.79. The lowest BCUT2D eigenvalue weighted by atomic mass is 10.2. The molecule has 96 valence electrons. The third-order valence-corrected chi connectivity index (χ3v) is 3.63. The Labute approximate surface area is 111 Å². The van der Waals surface area contributed by atoms with Crippen molar-refractivity contribution in [1.29, 1.82) is 0 Å². The van der Waals surface area contributed by atoms with Crippen molar-refractivity contribution in [3.05, 3.63) is 46.2 Å². The molecule has 1 atom stereocenters. The summed E-state index contributed by atoms with van der Waals surface area (Å²) < 4.78 is 11.3. The number of rotatable bonds is 5. The van der Waals surface area contributed by atoms with Crippen molar-refractivity contribution >= 4 is 11.3 Å². The Morgan fingerprint density at radius 2 is 2.11 bits per heavy atom. The highest BCUT2D eigenvalue weighted by atomic mass is 32.1. The summed E-state index contributed by atoms with van der Waals surface area (Å²) in [4.78, 5) is 1.13. The van der Waals surface area contributed by atoms with Crippen LogP contribution < -0.4 is 15.2 Å². The zero-order valence-corrected chi connectivity index (χ0v) is 11.4. The van der Waals surface area contributed by atoms with Gasteiger partial charge in [-0.05, 0) is 36.1 Å². The first-order valence-corrected chi connectivity index (χ1v) is 6.67. The second kappa shape index (κ2) is 5.89. The largest absolute Gasteiger partial charge is 0.493 e. The highest BCUT2D eigenvalue weighted by molar-refractivity contribution is 7.10. The van der Waals surface area contributed by atoms with E-state index >= 15 is 0 Å². The minimum atomic E-state index is -0.124. The summed E-state index contributed by atoms with van der Waals surface area (Å²) in [6, 6.07) is 9.91. The average Bonchev–Trinajstić information content (AvgIpc) is 2.91. The Bertz CT molecular complexity index is 497. The van der Waals surface area contributed by atoms with E-state index in [0.29, 0.717) is 6.54 Å². The molecule has 3 nitrogen and oxygen atoms in total.